The van der Waals surface area contributed by atoms with Gasteiger partial charge in [0, 0.05) is 32.6 Å². The Labute approximate surface area is 127 Å². The molecule has 2 aliphatic rings. The van der Waals surface area contributed by atoms with Crippen molar-refractivity contribution in [1.82, 2.24) is 14.5 Å². The second kappa shape index (κ2) is 7.56. The van der Waals surface area contributed by atoms with Crippen molar-refractivity contribution in [2.75, 3.05) is 45.0 Å². The van der Waals surface area contributed by atoms with Crippen molar-refractivity contribution < 1.29 is 13.2 Å². The molecule has 1 N–H and O–H groups in total. The van der Waals surface area contributed by atoms with Crippen molar-refractivity contribution in [2.24, 2.45) is 5.92 Å². The number of nitrogens with zero attached hydrogens (tertiary/aromatic N) is 2. The van der Waals surface area contributed by atoms with Gasteiger partial charge in [-0.25, -0.2) is 8.42 Å². The van der Waals surface area contributed by atoms with Crippen LogP contribution in [0.15, 0.2) is 0 Å². The van der Waals surface area contributed by atoms with Gasteiger partial charge in [-0.15, -0.1) is 0 Å². The summed E-state index contributed by atoms with van der Waals surface area (Å²) < 4.78 is 25.5. The fourth-order valence-corrected chi connectivity index (χ4v) is 4.57. The van der Waals surface area contributed by atoms with E-state index >= 15 is 0 Å². The van der Waals surface area contributed by atoms with Crippen molar-refractivity contribution in [1.29, 1.82) is 0 Å². The lowest BCUT2D eigenvalue weighted by Crippen LogP contribution is -2.51. The number of piperidine rings is 1. The van der Waals surface area contributed by atoms with Crippen LogP contribution in [0.2, 0.25) is 0 Å². The number of amides is 1. The summed E-state index contributed by atoms with van der Waals surface area (Å²) in [5, 5.41) is 3.33. The summed E-state index contributed by atoms with van der Waals surface area (Å²) in [5.74, 6) is 0.818. The monoisotopic (exact) mass is 317 g/mol. The number of carbonyl (C=O) groups is 1. The van der Waals surface area contributed by atoms with E-state index in [4.69, 9.17) is 0 Å². The minimum atomic E-state index is -3.12. The summed E-state index contributed by atoms with van der Waals surface area (Å²) in [6.45, 7) is 5.79. The first-order valence-electron chi connectivity index (χ1n) is 7.99. The standard InChI is InChI=1S/C14H27N3O3S/c1-2-10-21(19,20)17-8-6-16(7-9-17)14(18)11-13-4-3-5-15-12-13/h13,15H,2-12H2,1H3. The quantitative estimate of drug-likeness (QED) is 0.790. The van der Waals surface area contributed by atoms with Gasteiger partial charge in [0.1, 0.15) is 0 Å². The zero-order chi connectivity index (χ0) is 15.3. The molecule has 0 aliphatic carbocycles. The van der Waals surface area contributed by atoms with Gasteiger partial charge < -0.3 is 10.2 Å². The van der Waals surface area contributed by atoms with Gasteiger partial charge in [-0.05, 0) is 38.3 Å². The third-order valence-corrected chi connectivity index (χ3v) is 6.39. The molecule has 2 fully saturated rings. The number of sulfonamides is 1. The first-order valence-corrected chi connectivity index (χ1v) is 9.60. The molecular weight excluding hydrogens is 290 g/mol. The van der Waals surface area contributed by atoms with Gasteiger partial charge >= 0.3 is 0 Å². The molecule has 1 atom stereocenters. The average Bonchev–Trinajstić information content (AvgIpc) is 2.48. The summed E-state index contributed by atoms with van der Waals surface area (Å²) >= 11 is 0. The first-order chi connectivity index (χ1) is 10.0. The van der Waals surface area contributed by atoms with E-state index in [9.17, 15) is 13.2 Å². The maximum atomic E-state index is 12.3. The Balaban J connectivity index is 1.79. The molecule has 2 heterocycles. The van der Waals surface area contributed by atoms with Crippen LogP contribution in [-0.2, 0) is 14.8 Å². The number of hydrogen-bond acceptors (Lipinski definition) is 4. The van der Waals surface area contributed by atoms with Gasteiger partial charge in [0.2, 0.25) is 15.9 Å². The molecule has 21 heavy (non-hydrogen) atoms. The van der Waals surface area contributed by atoms with E-state index < -0.39 is 10.0 Å². The Morgan fingerprint density at radius 3 is 2.52 bits per heavy atom. The fraction of sp³-hybridized carbons (Fsp3) is 0.929. The van der Waals surface area contributed by atoms with Crippen LogP contribution >= 0.6 is 0 Å². The van der Waals surface area contributed by atoms with Crippen molar-refractivity contribution in [3.05, 3.63) is 0 Å². The second-order valence-corrected chi connectivity index (χ2v) is 8.10. The lowest BCUT2D eigenvalue weighted by atomic mass is 9.95. The van der Waals surface area contributed by atoms with Crippen molar-refractivity contribution >= 4 is 15.9 Å². The van der Waals surface area contributed by atoms with Crippen LogP contribution in [0.3, 0.4) is 0 Å². The zero-order valence-corrected chi connectivity index (χ0v) is 13.7. The predicted octanol–water partition coefficient (Wildman–Crippen LogP) is 0.260. The molecule has 0 saturated carbocycles. The first kappa shape index (κ1) is 16.7. The van der Waals surface area contributed by atoms with E-state index in [0.29, 0.717) is 44.9 Å². The number of piperazine rings is 1. The third-order valence-electron chi connectivity index (χ3n) is 4.31. The van der Waals surface area contributed by atoms with E-state index in [0.717, 1.165) is 25.9 Å². The predicted molar refractivity (Wildman–Crippen MR) is 82.4 cm³/mol. The second-order valence-electron chi connectivity index (χ2n) is 6.01. The Kier molecular flexibility index (Phi) is 6.01. The zero-order valence-electron chi connectivity index (χ0n) is 12.9. The smallest absolute Gasteiger partial charge is 0.222 e. The Bertz CT molecular complexity index is 438. The molecule has 0 aromatic rings. The highest BCUT2D eigenvalue weighted by Gasteiger charge is 2.29. The molecule has 7 heteroatoms. The molecule has 0 radical (unpaired) electrons. The normalized spacial score (nSPS) is 25.0. The average molecular weight is 317 g/mol. The molecule has 122 valence electrons. The Morgan fingerprint density at radius 2 is 1.95 bits per heavy atom. The molecule has 2 aliphatic heterocycles. The lowest BCUT2D eigenvalue weighted by molar-refractivity contribution is -0.133. The van der Waals surface area contributed by atoms with Crippen LogP contribution in [0.4, 0.5) is 0 Å². The Morgan fingerprint density at radius 1 is 1.24 bits per heavy atom. The molecule has 0 bridgehead atoms. The van der Waals surface area contributed by atoms with Crippen LogP contribution in [0.5, 0.6) is 0 Å². The van der Waals surface area contributed by atoms with Gasteiger partial charge in [0.25, 0.3) is 0 Å². The summed E-state index contributed by atoms with van der Waals surface area (Å²) in [5.41, 5.74) is 0. The van der Waals surface area contributed by atoms with Crippen molar-refractivity contribution in [2.45, 2.75) is 32.6 Å². The van der Waals surface area contributed by atoms with Gasteiger partial charge in [-0.1, -0.05) is 6.92 Å². The molecule has 0 aromatic carbocycles. The van der Waals surface area contributed by atoms with E-state index in [1.165, 1.54) is 4.31 Å². The van der Waals surface area contributed by atoms with Crippen LogP contribution in [0.1, 0.15) is 32.6 Å². The topological polar surface area (TPSA) is 69.7 Å². The number of rotatable bonds is 5. The summed E-state index contributed by atoms with van der Waals surface area (Å²) in [6.07, 6.45) is 3.48. The maximum Gasteiger partial charge on any atom is 0.222 e. The van der Waals surface area contributed by atoms with Gasteiger partial charge in [0.15, 0.2) is 0 Å². The van der Waals surface area contributed by atoms with Crippen LogP contribution in [-0.4, -0.2) is 68.6 Å². The minimum Gasteiger partial charge on any atom is -0.340 e. The van der Waals surface area contributed by atoms with E-state index in [2.05, 4.69) is 5.32 Å². The van der Waals surface area contributed by atoms with E-state index in [1.54, 1.807) is 0 Å². The molecule has 1 unspecified atom stereocenters. The molecular formula is C14H27N3O3S. The molecule has 1 amide bonds. The molecule has 6 nitrogen and oxygen atoms in total. The largest absolute Gasteiger partial charge is 0.340 e. The van der Waals surface area contributed by atoms with Gasteiger partial charge in [0.05, 0.1) is 5.75 Å². The fourth-order valence-electron chi connectivity index (χ4n) is 3.08. The molecule has 2 saturated heterocycles. The van der Waals surface area contributed by atoms with Crippen molar-refractivity contribution in [3.63, 3.8) is 0 Å². The SMILES string of the molecule is CCCS(=O)(=O)N1CCN(C(=O)CC2CCCNC2)CC1. The van der Waals surface area contributed by atoms with Crippen LogP contribution in [0.25, 0.3) is 0 Å². The summed E-state index contributed by atoms with van der Waals surface area (Å²) in [6, 6.07) is 0. The lowest BCUT2D eigenvalue weighted by Gasteiger charge is -2.35. The minimum absolute atomic E-state index is 0.177. The van der Waals surface area contributed by atoms with E-state index in [-0.39, 0.29) is 11.7 Å². The molecule has 2 rings (SSSR count). The third kappa shape index (κ3) is 4.66. The summed E-state index contributed by atoms with van der Waals surface area (Å²) in [4.78, 5) is 14.1. The summed E-state index contributed by atoms with van der Waals surface area (Å²) in [7, 11) is -3.12. The number of nitrogens with one attached hydrogen (secondary N) is 1. The van der Waals surface area contributed by atoms with Crippen LogP contribution in [0, 0.1) is 5.92 Å². The molecule has 0 spiro atoms. The number of hydrogen-bond donors (Lipinski definition) is 1. The highest BCUT2D eigenvalue weighted by atomic mass is 32.2. The highest BCUT2D eigenvalue weighted by molar-refractivity contribution is 7.89. The van der Waals surface area contributed by atoms with Crippen LogP contribution < -0.4 is 5.32 Å². The maximum absolute atomic E-state index is 12.3. The van der Waals surface area contributed by atoms with E-state index in [1.807, 2.05) is 11.8 Å². The molecule has 0 aromatic heterocycles. The van der Waals surface area contributed by atoms with Gasteiger partial charge in [-0.2, -0.15) is 4.31 Å². The number of carbonyl (C=O) groups excluding carboxylic acids is 1. The highest BCUT2D eigenvalue weighted by Crippen LogP contribution is 2.17. The van der Waals surface area contributed by atoms with Gasteiger partial charge in [-0.3, -0.25) is 4.79 Å². The van der Waals surface area contributed by atoms with Crippen molar-refractivity contribution in [3.8, 4) is 0 Å². The Hall–Kier alpha value is -0.660.